The van der Waals surface area contributed by atoms with Crippen molar-refractivity contribution < 1.29 is 13.2 Å². The fourth-order valence-corrected chi connectivity index (χ4v) is 4.03. The van der Waals surface area contributed by atoms with Crippen molar-refractivity contribution in [2.24, 2.45) is 0 Å². The van der Waals surface area contributed by atoms with Crippen molar-refractivity contribution in [3.05, 3.63) is 58.6 Å². The van der Waals surface area contributed by atoms with E-state index in [0.717, 1.165) is 15.6 Å². The molecule has 0 amide bonds. The van der Waals surface area contributed by atoms with E-state index >= 15 is 0 Å². The third kappa shape index (κ3) is 5.37. The number of Topliss-reactive ketones (excluding diaryl/α,β-unsaturated/α-hetero) is 1. The van der Waals surface area contributed by atoms with Crippen LogP contribution in [0.3, 0.4) is 0 Å². The molecule has 0 fully saturated rings. The Hall–Kier alpha value is -1.31. The molecule has 0 aromatic heterocycles. The molecule has 0 heterocycles. The van der Waals surface area contributed by atoms with Gasteiger partial charge in [0.05, 0.1) is 11.5 Å². The van der Waals surface area contributed by atoms with Crippen LogP contribution in [-0.2, 0) is 10.0 Å². The molecule has 2 aromatic carbocycles. The minimum Gasteiger partial charge on any atom is -0.293 e. The number of carbonyl (C=O) groups excluding carboxylic acids is 1. The lowest BCUT2D eigenvalue weighted by molar-refractivity contribution is 0.0994. The summed E-state index contributed by atoms with van der Waals surface area (Å²) in [6.45, 7) is 1.86. The van der Waals surface area contributed by atoms with E-state index in [2.05, 4.69) is 20.7 Å². The predicted molar refractivity (Wildman–Crippen MR) is 98.7 cm³/mol. The molecule has 2 rings (SSSR count). The molecule has 7 heteroatoms. The average Bonchev–Trinajstić information content (AvgIpc) is 2.48. The standard InChI is InChI=1S/C16H16BrNO3S2/c1-11(22-15-6-4-3-5-14(15)17)16(19)12-7-9-13(10-8-12)18-23(2,20)21/h3-11,18H,1-2H3/t11-/m1/s1. The second kappa shape index (κ2) is 7.51. The third-order valence-corrected chi connectivity index (χ3v) is 5.72. The summed E-state index contributed by atoms with van der Waals surface area (Å²) < 4.78 is 25.7. The number of nitrogens with one attached hydrogen (secondary N) is 1. The van der Waals surface area contributed by atoms with Gasteiger partial charge in [-0.2, -0.15) is 0 Å². The Bertz CT molecular complexity index is 804. The van der Waals surface area contributed by atoms with Crippen molar-refractivity contribution in [2.45, 2.75) is 17.1 Å². The number of hydrogen-bond acceptors (Lipinski definition) is 4. The summed E-state index contributed by atoms with van der Waals surface area (Å²) in [4.78, 5) is 13.5. The third-order valence-electron chi connectivity index (χ3n) is 2.98. The quantitative estimate of drug-likeness (QED) is 0.569. The van der Waals surface area contributed by atoms with Gasteiger partial charge in [-0.25, -0.2) is 8.42 Å². The predicted octanol–water partition coefficient (Wildman–Crippen LogP) is 4.18. The molecule has 1 N–H and O–H groups in total. The van der Waals surface area contributed by atoms with Gasteiger partial charge < -0.3 is 0 Å². The van der Waals surface area contributed by atoms with Gasteiger partial charge in [0, 0.05) is 20.6 Å². The SMILES string of the molecule is C[C@@H](Sc1ccccc1Br)C(=O)c1ccc(NS(C)(=O)=O)cc1. The van der Waals surface area contributed by atoms with Crippen molar-refractivity contribution >= 4 is 49.2 Å². The Labute approximate surface area is 148 Å². The van der Waals surface area contributed by atoms with E-state index in [1.165, 1.54) is 11.8 Å². The van der Waals surface area contributed by atoms with E-state index in [4.69, 9.17) is 0 Å². The summed E-state index contributed by atoms with van der Waals surface area (Å²) in [6, 6.07) is 14.2. The maximum atomic E-state index is 12.5. The zero-order valence-electron chi connectivity index (χ0n) is 12.6. The molecule has 23 heavy (non-hydrogen) atoms. The van der Waals surface area contributed by atoms with Gasteiger partial charge in [0.25, 0.3) is 0 Å². The molecule has 4 nitrogen and oxygen atoms in total. The van der Waals surface area contributed by atoms with Crippen molar-refractivity contribution in [1.82, 2.24) is 0 Å². The zero-order chi connectivity index (χ0) is 17.0. The summed E-state index contributed by atoms with van der Waals surface area (Å²) in [5.74, 6) is -0.00309. The van der Waals surface area contributed by atoms with Crippen LogP contribution >= 0.6 is 27.7 Å². The minimum atomic E-state index is -3.32. The molecule has 0 unspecified atom stereocenters. The molecule has 0 aliphatic heterocycles. The monoisotopic (exact) mass is 413 g/mol. The van der Waals surface area contributed by atoms with E-state index in [0.29, 0.717) is 11.3 Å². The Kier molecular flexibility index (Phi) is 5.89. The normalized spacial score (nSPS) is 12.7. The lowest BCUT2D eigenvalue weighted by atomic mass is 10.1. The molecule has 122 valence electrons. The highest BCUT2D eigenvalue weighted by Gasteiger charge is 2.17. The van der Waals surface area contributed by atoms with E-state index in [-0.39, 0.29) is 11.0 Å². The number of halogens is 1. The van der Waals surface area contributed by atoms with Gasteiger partial charge in [0.2, 0.25) is 10.0 Å². The maximum absolute atomic E-state index is 12.5. The minimum absolute atomic E-state index is 0.00309. The highest BCUT2D eigenvalue weighted by atomic mass is 79.9. The first kappa shape index (κ1) is 18.0. The second-order valence-electron chi connectivity index (χ2n) is 5.01. The average molecular weight is 414 g/mol. The van der Waals surface area contributed by atoms with Crippen molar-refractivity contribution in [2.75, 3.05) is 11.0 Å². The highest BCUT2D eigenvalue weighted by molar-refractivity contribution is 9.10. The molecule has 0 spiro atoms. The molecule has 2 aromatic rings. The van der Waals surface area contributed by atoms with Gasteiger partial charge in [-0.3, -0.25) is 9.52 Å². The van der Waals surface area contributed by atoms with Gasteiger partial charge >= 0.3 is 0 Å². The van der Waals surface area contributed by atoms with Crippen LogP contribution in [0.4, 0.5) is 5.69 Å². The number of sulfonamides is 1. The molecule has 0 saturated heterocycles. The number of thioether (sulfide) groups is 1. The first-order chi connectivity index (χ1) is 10.8. The molecule has 0 bridgehead atoms. The van der Waals surface area contributed by atoms with Gasteiger partial charge in [-0.1, -0.05) is 12.1 Å². The van der Waals surface area contributed by atoms with Gasteiger partial charge in [-0.05, 0) is 59.3 Å². The lowest BCUT2D eigenvalue weighted by Gasteiger charge is -2.12. The number of benzene rings is 2. The lowest BCUT2D eigenvalue weighted by Crippen LogP contribution is -2.14. The van der Waals surface area contributed by atoms with Crippen LogP contribution in [0.2, 0.25) is 0 Å². The number of hydrogen-bond donors (Lipinski definition) is 1. The van der Waals surface area contributed by atoms with Gasteiger partial charge in [-0.15, -0.1) is 11.8 Å². The number of anilines is 1. The summed E-state index contributed by atoms with van der Waals surface area (Å²) in [6.07, 6.45) is 1.09. The van der Waals surface area contributed by atoms with E-state index < -0.39 is 10.0 Å². The maximum Gasteiger partial charge on any atom is 0.229 e. The summed E-state index contributed by atoms with van der Waals surface area (Å²) in [5, 5.41) is -0.248. The fourth-order valence-electron chi connectivity index (χ4n) is 1.94. The summed E-state index contributed by atoms with van der Waals surface area (Å²) >= 11 is 4.95. The van der Waals surface area contributed by atoms with Crippen molar-refractivity contribution in [3.8, 4) is 0 Å². The number of ketones is 1. The molecular weight excluding hydrogens is 398 g/mol. The van der Waals surface area contributed by atoms with Crippen molar-refractivity contribution in [3.63, 3.8) is 0 Å². The topological polar surface area (TPSA) is 63.2 Å². The van der Waals surface area contributed by atoms with Crippen LogP contribution in [0.5, 0.6) is 0 Å². The van der Waals surface area contributed by atoms with Crippen LogP contribution in [0, 0.1) is 0 Å². The summed E-state index contributed by atoms with van der Waals surface area (Å²) in [7, 11) is -3.32. The van der Waals surface area contributed by atoms with Crippen LogP contribution in [0.25, 0.3) is 0 Å². The van der Waals surface area contributed by atoms with Crippen LogP contribution in [0.1, 0.15) is 17.3 Å². The van der Waals surface area contributed by atoms with E-state index in [1.807, 2.05) is 31.2 Å². The molecule has 1 atom stereocenters. The van der Waals surface area contributed by atoms with E-state index in [9.17, 15) is 13.2 Å². The smallest absolute Gasteiger partial charge is 0.229 e. The highest BCUT2D eigenvalue weighted by Crippen LogP contribution is 2.31. The van der Waals surface area contributed by atoms with Crippen LogP contribution in [-0.4, -0.2) is 25.7 Å². The zero-order valence-corrected chi connectivity index (χ0v) is 15.8. The first-order valence-corrected chi connectivity index (χ1v) is 10.4. The molecule has 0 aliphatic rings. The molecule has 0 aliphatic carbocycles. The Morgan fingerprint density at radius 3 is 2.30 bits per heavy atom. The second-order valence-corrected chi connectivity index (χ2v) is 8.99. The molecule has 0 radical (unpaired) electrons. The number of rotatable bonds is 6. The first-order valence-electron chi connectivity index (χ1n) is 6.79. The Morgan fingerprint density at radius 2 is 1.74 bits per heavy atom. The van der Waals surface area contributed by atoms with E-state index in [1.54, 1.807) is 24.3 Å². The van der Waals surface area contributed by atoms with Gasteiger partial charge in [0.15, 0.2) is 5.78 Å². The Morgan fingerprint density at radius 1 is 1.13 bits per heavy atom. The number of carbonyl (C=O) groups is 1. The largest absolute Gasteiger partial charge is 0.293 e. The van der Waals surface area contributed by atoms with Crippen LogP contribution in [0.15, 0.2) is 57.9 Å². The molecule has 0 saturated carbocycles. The van der Waals surface area contributed by atoms with Crippen molar-refractivity contribution in [1.29, 1.82) is 0 Å². The molecular formula is C16H16BrNO3S2. The summed E-state index contributed by atoms with van der Waals surface area (Å²) in [5.41, 5.74) is 0.992. The van der Waals surface area contributed by atoms with Crippen LogP contribution < -0.4 is 4.72 Å². The Balaban J connectivity index is 2.09. The fraction of sp³-hybridized carbons (Fsp3) is 0.188. The van der Waals surface area contributed by atoms with Gasteiger partial charge in [0.1, 0.15) is 0 Å².